The second-order valence-corrected chi connectivity index (χ2v) is 6.47. The summed E-state index contributed by atoms with van der Waals surface area (Å²) < 4.78 is 0. The monoisotopic (exact) mass is 362 g/mol. The van der Waals surface area contributed by atoms with Gasteiger partial charge in [0.2, 0.25) is 5.91 Å². The van der Waals surface area contributed by atoms with Gasteiger partial charge in [-0.25, -0.2) is 0 Å². The van der Waals surface area contributed by atoms with E-state index in [2.05, 4.69) is 0 Å². The predicted octanol–water partition coefficient (Wildman–Crippen LogP) is 3.87. The van der Waals surface area contributed by atoms with Gasteiger partial charge in [-0.1, -0.05) is 41.4 Å². The Morgan fingerprint density at radius 2 is 1.83 bits per heavy atom. The number of benzene rings is 2. The maximum atomic E-state index is 12.7. The summed E-state index contributed by atoms with van der Waals surface area (Å²) in [6.07, 6.45) is 0. The van der Waals surface area contributed by atoms with Crippen LogP contribution >= 0.6 is 23.2 Å². The Morgan fingerprint density at radius 1 is 1.08 bits per heavy atom. The van der Waals surface area contributed by atoms with E-state index in [9.17, 15) is 9.59 Å². The average Bonchev–Trinajstić information content (AvgIpc) is 2.57. The topological polar surface area (TPSA) is 40.6 Å². The van der Waals surface area contributed by atoms with Gasteiger partial charge in [-0.15, -0.1) is 0 Å². The molecule has 0 bridgehead atoms. The van der Waals surface area contributed by atoms with Crippen molar-refractivity contribution in [2.45, 2.75) is 13.0 Å². The maximum absolute atomic E-state index is 12.7. The van der Waals surface area contributed by atoms with Crippen LogP contribution in [-0.2, 0) is 4.79 Å². The number of nitrogens with zero attached hydrogens (tertiary/aromatic N) is 2. The Balaban J connectivity index is 1.83. The molecule has 24 heavy (non-hydrogen) atoms. The molecule has 124 valence electrons. The third kappa shape index (κ3) is 3.12. The summed E-state index contributed by atoms with van der Waals surface area (Å²) in [6.45, 7) is 2.57. The molecule has 0 aliphatic carbocycles. The van der Waals surface area contributed by atoms with Gasteiger partial charge in [-0.3, -0.25) is 9.59 Å². The summed E-state index contributed by atoms with van der Waals surface area (Å²) in [5, 5.41) is 1.02. The number of para-hydroxylation sites is 1. The minimum absolute atomic E-state index is 0.148. The molecular weight excluding hydrogens is 347 g/mol. The molecule has 1 aliphatic rings. The Labute approximate surface area is 150 Å². The molecule has 1 unspecified atom stereocenters. The van der Waals surface area contributed by atoms with Crippen LogP contribution in [-0.4, -0.2) is 35.8 Å². The Bertz CT molecular complexity index is 794. The zero-order valence-electron chi connectivity index (χ0n) is 13.1. The minimum atomic E-state index is -0.568. The van der Waals surface area contributed by atoms with Crippen LogP contribution in [0.4, 0.5) is 5.69 Å². The van der Waals surface area contributed by atoms with Gasteiger partial charge in [0.05, 0.1) is 10.7 Å². The molecule has 2 amide bonds. The van der Waals surface area contributed by atoms with Gasteiger partial charge in [-0.2, -0.15) is 0 Å². The lowest BCUT2D eigenvalue weighted by Gasteiger charge is -2.39. The standard InChI is InChI=1S/C18H16Cl2N2O2/c1-12-17(23)22(16-8-3-2-7-15(16)20)10-9-21(12)18(24)13-5-4-6-14(19)11-13/h2-8,11-12H,9-10H2,1H3. The second kappa shape index (κ2) is 6.83. The lowest BCUT2D eigenvalue weighted by molar-refractivity contribution is -0.124. The second-order valence-electron chi connectivity index (χ2n) is 5.63. The fraction of sp³-hybridized carbons (Fsp3) is 0.222. The van der Waals surface area contributed by atoms with Gasteiger partial charge < -0.3 is 9.80 Å². The molecule has 1 aliphatic heterocycles. The van der Waals surface area contributed by atoms with Crippen LogP contribution in [0.25, 0.3) is 0 Å². The van der Waals surface area contributed by atoms with E-state index in [1.807, 2.05) is 12.1 Å². The zero-order chi connectivity index (χ0) is 17.3. The van der Waals surface area contributed by atoms with Crippen LogP contribution in [0.1, 0.15) is 17.3 Å². The third-order valence-electron chi connectivity index (χ3n) is 4.13. The van der Waals surface area contributed by atoms with E-state index in [1.165, 1.54) is 0 Å². The van der Waals surface area contributed by atoms with Crippen molar-refractivity contribution in [2.24, 2.45) is 0 Å². The number of anilines is 1. The average molecular weight is 363 g/mol. The largest absolute Gasteiger partial charge is 0.325 e. The number of hydrogen-bond donors (Lipinski definition) is 0. The van der Waals surface area contributed by atoms with Crippen molar-refractivity contribution in [2.75, 3.05) is 18.0 Å². The Morgan fingerprint density at radius 3 is 2.54 bits per heavy atom. The highest BCUT2D eigenvalue weighted by Gasteiger charge is 2.35. The first kappa shape index (κ1) is 16.8. The number of amides is 2. The lowest BCUT2D eigenvalue weighted by Crippen LogP contribution is -2.57. The van der Waals surface area contributed by atoms with E-state index in [-0.39, 0.29) is 11.8 Å². The van der Waals surface area contributed by atoms with Crippen LogP contribution in [0.5, 0.6) is 0 Å². The van der Waals surface area contributed by atoms with Crippen molar-refractivity contribution in [1.29, 1.82) is 0 Å². The predicted molar refractivity (Wildman–Crippen MR) is 95.8 cm³/mol. The number of carbonyl (C=O) groups excluding carboxylic acids is 2. The Hall–Kier alpha value is -2.04. The fourth-order valence-corrected chi connectivity index (χ4v) is 3.27. The van der Waals surface area contributed by atoms with Gasteiger partial charge in [0, 0.05) is 23.7 Å². The minimum Gasteiger partial charge on any atom is -0.325 e. The molecule has 1 saturated heterocycles. The number of piperazine rings is 1. The number of rotatable bonds is 2. The molecule has 0 saturated carbocycles. The number of hydrogen-bond acceptors (Lipinski definition) is 2. The molecule has 2 aromatic rings. The lowest BCUT2D eigenvalue weighted by atomic mass is 10.1. The molecule has 4 nitrogen and oxygen atoms in total. The highest BCUT2D eigenvalue weighted by atomic mass is 35.5. The summed E-state index contributed by atoms with van der Waals surface area (Å²) in [5.41, 5.74) is 1.15. The van der Waals surface area contributed by atoms with E-state index < -0.39 is 6.04 Å². The molecule has 0 radical (unpaired) electrons. The zero-order valence-corrected chi connectivity index (χ0v) is 14.6. The van der Waals surface area contributed by atoms with Crippen LogP contribution in [0, 0.1) is 0 Å². The molecule has 1 fully saturated rings. The van der Waals surface area contributed by atoms with Gasteiger partial charge in [-0.05, 0) is 37.3 Å². The van der Waals surface area contributed by atoms with Crippen LogP contribution in [0.3, 0.4) is 0 Å². The maximum Gasteiger partial charge on any atom is 0.254 e. The summed E-state index contributed by atoms with van der Waals surface area (Å²) in [6, 6.07) is 13.4. The molecule has 0 spiro atoms. The van der Waals surface area contributed by atoms with Gasteiger partial charge in [0.25, 0.3) is 5.91 Å². The molecule has 1 atom stereocenters. The van der Waals surface area contributed by atoms with E-state index in [1.54, 1.807) is 53.1 Å². The number of carbonyl (C=O) groups is 2. The van der Waals surface area contributed by atoms with Crippen LogP contribution < -0.4 is 4.90 Å². The first-order valence-electron chi connectivity index (χ1n) is 7.61. The highest BCUT2D eigenvalue weighted by molar-refractivity contribution is 6.34. The summed E-state index contributed by atoms with van der Waals surface area (Å²) in [5.74, 6) is -0.345. The smallest absolute Gasteiger partial charge is 0.254 e. The normalized spacial score (nSPS) is 18.0. The van der Waals surface area contributed by atoms with E-state index in [4.69, 9.17) is 23.2 Å². The van der Waals surface area contributed by atoms with Crippen molar-refractivity contribution >= 4 is 40.7 Å². The van der Waals surface area contributed by atoms with Crippen molar-refractivity contribution in [1.82, 2.24) is 4.90 Å². The first-order valence-corrected chi connectivity index (χ1v) is 8.37. The van der Waals surface area contributed by atoms with E-state index >= 15 is 0 Å². The molecular formula is C18H16Cl2N2O2. The van der Waals surface area contributed by atoms with Crippen LogP contribution in [0.15, 0.2) is 48.5 Å². The quantitative estimate of drug-likeness (QED) is 0.813. The van der Waals surface area contributed by atoms with E-state index in [0.717, 1.165) is 0 Å². The SMILES string of the molecule is CC1C(=O)N(c2ccccc2Cl)CCN1C(=O)c1cccc(Cl)c1. The molecule has 6 heteroatoms. The van der Waals surface area contributed by atoms with Crippen molar-refractivity contribution < 1.29 is 9.59 Å². The third-order valence-corrected chi connectivity index (χ3v) is 4.69. The van der Waals surface area contributed by atoms with Crippen molar-refractivity contribution in [3.63, 3.8) is 0 Å². The summed E-state index contributed by atoms with van der Waals surface area (Å²) in [7, 11) is 0. The van der Waals surface area contributed by atoms with Crippen LogP contribution in [0.2, 0.25) is 10.0 Å². The van der Waals surface area contributed by atoms with E-state index in [0.29, 0.717) is 34.4 Å². The van der Waals surface area contributed by atoms with Gasteiger partial charge in [0.15, 0.2) is 0 Å². The van der Waals surface area contributed by atoms with Gasteiger partial charge >= 0.3 is 0 Å². The highest BCUT2D eigenvalue weighted by Crippen LogP contribution is 2.28. The molecule has 3 rings (SSSR count). The molecule has 0 N–H and O–H groups in total. The van der Waals surface area contributed by atoms with Gasteiger partial charge in [0.1, 0.15) is 6.04 Å². The molecule has 1 heterocycles. The van der Waals surface area contributed by atoms with Crippen molar-refractivity contribution in [3.8, 4) is 0 Å². The van der Waals surface area contributed by atoms with Crippen molar-refractivity contribution in [3.05, 3.63) is 64.1 Å². The summed E-state index contributed by atoms with van der Waals surface area (Å²) in [4.78, 5) is 28.6. The first-order chi connectivity index (χ1) is 11.5. The number of halogens is 2. The fourth-order valence-electron chi connectivity index (χ4n) is 2.84. The Kier molecular flexibility index (Phi) is 4.78. The molecule has 0 aromatic heterocycles. The summed E-state index contributed by atoms with van der Waals surface area (Å²) >= 11 is 12.1. The molecule has 2 aromatic carbocycles.